The van der Waals surface area contributed by atoms with Crippen LogP contribution in [0.15, 0.2) is 36.4 Å². The predicted octanol–water partition coefficient (Wildman–Crippen LogP) is 3.64. The molecule has 0 bridgehead atoms. The van der Waals surface area contributed by atoms with Gasteiger partial charge in [0.1, 0.15) is 17.1 Å². The average molecular weight is 276 g/mol. The summed E-state index contributed by atoms with van der Waals surface area (Å²) in [6.45, 7) is 2.11. The predicted molar refractivity (Wildman–Crippen MR) is 78.2 cm³/mol. The van der Waals surface area contributed by atoms with Crippen molar-refractivity contribution in [2.45, 2.75) is 32.6 Å². The summed E-state index contributed by atoms with van der Waals surface area (Å²) in [5.41, 5.74) is 0.287. The summed E-state index contributed by atoms with van der Waals surface area (Å²) in [6, 6.07) is 2.42. The number of carbonyl (C=O) groups is 1. The summed E-state index contributed by atoms with van der Waals surface area (Å²) in [5.74, 6) is -1.72. The first-order valence-electron chi connectivity index (χ1n) is 6.66. The van der Waals surface area contributed by atoms with Crippen LogP contribution in [0.4, 0.5) is 0 Å². The lowest BCUT2D eigenvalue weighted by atomic mass is 10.0. The van der Waals surface area contributed by atoms with Crippen LogP contribution in [0, 0.1) is 0 Å². The summed E-state index contributed by atoms with van der Waals surface area (Å²) >= 11 is 0. The minimum absolute atomic E-state index is 0.130. The highest BCUT2D eigenvalue weighted by Gasteiger charge is 2.16. The van der Waals surface area contributed by atoms with E-state index in [9.17, 15) is 15.0 Å². The second-order valence-electron chi connectivity index (χ2n) is 4.49. The molecule has 0 aromatic heterocycles. The molecule has 0 amide bonds. The number of aromatic carboxylic acids is 1. The van der Waals surface area contributed by atoms with E-state index in [0.29, 0.717) is 18.4 Å². The van der Waals surface area contributed by atoms with Gasteiger partial charge in [-0.1, -0.05) is 37.6 Å². The number of aryl methyl sites for hydroxylation is 1. The Morgan fingerprint density at radius 1 is 1.15 bits per heavy atom. The van der Waals surface area contributed by atoms with Gasteiger partial charge in [0.15, 0.2) is 0 Å². The molecule has 0 heterocycles. The zero-order valence-electron chi connectivity index (χ0n) is 11.5. The highest BCUT2D eigenvalue weighted by Crippen LogP contribution is 2.28. The molecule has 4 heteroatoms. The number of hydrogen-bond donors (Lipinski definition) is 3. The van der Waals surface area contributed by atoms with E-state index >= 15 is 0 Å². The summed E-state index contributed by atoms with van der Waals surface area (Å²) in [4.78, 5) is 11.1. The van der Waals surface area contributed by atoms with E-state index in [1.807, 2.05) is 18.2 Å². The third-order valence-electron chi connectivity index (χ3n) is 2.82. The topological polar surface area (TPSA) is 77.8 Å². The molecule has 1 aromatic rings. The number of allylic oxidation sites excluding steroid dienone is 4. The molecule has 0 unspecified atom stereocenters. The van der Waals surface area contributed by atoms with Gasteiger partial charge in [-0.05, 0) is 30.9 Å². The molecule has 0 atom stereocenters. The fourth-order valence-corrected chi connectivity index (χ4v) is 1.87. The standard InChI is InChI=1S/C16H20O4/c1-2-3-4-5-6-7-8-9-12-10-13(17)11-14(18)15(12)16(19)20/h4-7,10-11,17-18H,2-3,8-9H2,1H3,(H,19,20). The molecule has 0 saturated heterocycles. The molecule has 0 aliphatic rings. The maximum atomic E-state index is 11.1. The second kappa shape index (κ2) is 8.04. The maximum absolute atomic E-state index is 11.1. The minimum atomic E-state index is -1.19. The molecule has 1 rings (SSSR count). The fraction of sp³-hybridized carbons (Fsp3) is 0.312. The number of unbranched alkanes of at least 4 members (excludes halogenated alkanes) is 1. The number of hydrogen-bond acceptors (Lipinski definition) is 3. The number of carboxylic acids is 1. The SMILES string of the molecule is CCCC=CC=CCCc1cc(O)cc(O)c1C(=O)O. The Bertz CT molecular complexity index is 515. The van der Waals surface area contributed by atoms with E-state index in [4.69, 9.17) is 5.11 Å². The molecule has 0 saturated carbocycles. The molecule has 3 N–H and O–H groups in total. The lowest BCUT2D eigenvalue weighted by molar-refractivity contribution is 0.0692. The van der Waals surface area contributed by atoms with Crippen molar-refractivity contribution in [1.29, 1.82) is 0 Å². The molecule has 4 nitrogen and oxygen atoms in total. The van der Waals surface area contributed by atoms with Crippen LogP contribution in [0.2, 0.25) is 0 Å². The normalized spacial score (nSPS) is 11.4. The lowest BCUT2D eigenvalue weighted by Crippen LogP contribution is -2.02. The van der Waals surface area contributed by atoms with E-state index in [1.54, 1.807) is 0 Å². The first-order chi connectivity index (χ1) is 9.56. The van der Waals surface area contributed by atoms with Crippen LogP contribution in [0.5, 0.6) is 11.5 Å². The average Bonchev–Trinajstić information content (AvgIpc) is 2.36. The van der Waals surface area contributed by atoms with Crippen LogP contribution < -0.4 is 0 Å². The van der Waals surface area contributed by atoms with Gasteiger partial charge in [0.2, 0.25) is 0 Å². The summed E-state index contributed by atoms with van der Waals surface area (Å²) < 4.78 is 0. The Labute approximate surface area is 118 Å². The van der Waals surface area contributed by atoms with Crippen molar-refractivity contribution in [3.63, 3.8) is 0 Å². The van der Waals surface area contributed by atoms with Gasteiger partial charge in [-0.25, -0.2) is 4.79 Å². The van der Waals surface area contributed by atoms with Crippen LogP contribution in [-0.2, 0) is 6.42 Å². The molecule has 0 radical (unpaired) electrons. The van der Waals surface area contributed by atoms with E-state index in [0.717, 1.165) is 18.9 Å². The van der Waals surface area contributed by atoms with Crippen LogP contribution in [0.25, 0.3) is 0 Å². The number of aromatic hydroxyl groups is 2. The molecule has 0 aliphatic carbocycles. The first-order valence-corrected chi connectivity index (χ1v) is 6.66. The van der Waals surface area contributed by atoms with Gasteiger partial charge in [0, 0.05) is 6.07 Å². The van der Waals surface area contributed by atoms with Gasteiger partial charge < -0.3 is 15.3 Å². The molecule has 20 heavy (non-hydrogen) atoms. The highest BCUT2D eigenvalue weighted by atomic mass is 16.4. The number of rotatable bonds is 7. The lowest BCUT2D eigenvalue weighted by Gasteiger charge is -2.07. The number of phenols is 2. The fourth-order valence-electron chi connectivity index (χ4n) is 1.87. The molecule has 1 aromatic carbocycles. The van der Waals surface area contributed by atoms with Gasteiger partial charge in [0.05, 0.1) is 0 Å². The Balaban J connectivity index is 2.70. The summed E-state index contributed by atoms with van der Waals surface area (Å²) in [7, 11) is 0. The Morgan fingerprint density at radius 3 is 2.40 bits per heavy atom. The zero-order valence-corrected chi connectivity index (χ0v) is 11.5. The molecule has 0 spiro atoms. The smallest absolute Gasteiger partial charge is 0.339 e. The number of phenolic OH excluding ortho intramolecular Hbond substituents is 1. The molecule has 0 fully saturated rings. The van der Waals surface area contributed by atoms with Crippen LogP contribution in [0.1, 0.15) is 42.1 Å². The Hall–Kier alpha value is -2.23. The molecular weight excluding hydrogens is 256 g/mol. The zero-order chi connectivity index (χ0) is 15.0. The van der Waals surface area contributed by atoms with Gasteiger partial charge in [-0.15, -0.1) is 0 Å². The van der Waals surface area contributed by atoms with Crippen LogP contribution >= 0.6 is 0 Å². The van der Waals surface area contributed by atoms with E-state index < -0.39 is 11.7 Å². The summed E-state index contributed by atoms with van der Waals surface area (Å²) in [6.07, 6.45) is 11.1. The third-order valence-corrected chi connectivity index (χ3v) is 2.82. The molecular formula is C16H20O4. The Kier molecular flexibility index (Phi) is 6.37. The second-order valence-corrected chi connectivity index (χ2v) is 4.49. The van der Waals surface area contributed by atoms with Crippen LogP contribution in [0.3, 0.4) is 0 Å². The van der Waals surface area contributed by atoms with Gasteiger partial charge >= 0.3 is 5.97 Å². The third kappa shape index (κ3) is 4.80. The van der Waals surface area contributed by atoms with Crippen LogP contribution in [-0.4, -0.2) is 21.3 Å². The maximum Gasteiger partial charge on any atom is 0.339 e. The quantitative estimate of drug-likeness (QED) is 0.664. The van der Waals surface area contributed by atoms with Crippen molar-refractivity contribution in [2.75, 3.05) is 0 Å². The van der Waals surface area contributed by atoms with Crippen molar-refractivity contribution >= 4 is 5.97 Å². The van der Waals surface area contributed by atoms with Gasteiger partial charge in [0.25, 0.3) is 0 Å². The van der Waals surface area contributed by atoms with Crippen molar-refractivity contribution in [3.05, 3.63) is 47.6 Å². The largest absolute Gasteiger partial charge is 0.508 e. The summed E-state index contributed by atoms with van der Waals surface area (Å²) in [5, 5.41) is 28.1. The van der Waals surface area contributed by atoms with Gasteiger partial charge in [-0.2, -0.15) is 0 Å². The Morgan fingerprint density at radius 2 is 1.80 bits per heavy atom. The molecule has 108 valence electrons. The highest BCUT2D eigenvalue weighted by molar-refractivity contribution is 5.92. The van der Waals surface area contributed by atoms with Crippen molar-refractivity contribution in [1.82, 2.24) is 0 Å². The van der Waals surface area contributed by atoms with Crippen molar-refractivity contribution in [2.24, 2.45) is 0 Å². The monoisotopic (exact) mass is 276 g/mol. The van der Waals surface area contributed by atoms with Crippen molar-refractivity contribution in [3.8, 4) is 11.5 Å². The number of carboxylic acid groups (broad SMARTS) is 1. The van der Waals surface area contributed by atoms with E-state index in [1.165, 1.54) is 6.07 Å². The number of benzene rings is 1. The van der Waals surface area contributed by atoms with E-state index in [2.05, 4.69) is 13.0 Å². The van der Waals surface area contributed by atoms with E-state index in [-0.39, 0.29) is 11.3 Å². The molecule has 0 aliphatic heterocycles. The van der Waals surface area contributed by atoms with Gasteiger partial charge in [-0.3, -0.25) is 0 Å². The minimum Gasteiger partial charge on any atom is -0.508 e. The van der Waals surface area contributed by atoms with Crippen molar-refractivity contribution < 1.29 is 20.1 Å². The first kappa shape index (κ1) is 15.8.